The molecule has 1 aromatic carbocycles. The van der Waals surface area contributed by atoms with Crippen LogP contribution in [0.25, 0.3) is 0 Å². The fourth-order valence-electron chi connectivity index (χ4n) is 1.54. The SMILES string of the molecule is CC(C)Oc1nnc(S[C@H](C)c2ccc(C#N)cc2)s1. The van der Waals surface area contributed by atoms with E-state index in [1.165, 1.54) is 11.3 Å². The van der Waals surface area contributed by atoms with Crippen molar-refractivity contribution in [3.63, 3.8) is 0 Å². The third kappa shape index (κ3) is 3.95. The second-order valence-corrected chi connectivity index (χ2v) is 7.02. The molecule has 0 spiro atoms. The zero-order valence-electron chi connectivity index (χ0n) is 11.5. The summed E-state index contributed by atoms with van der Waals surface area (Å²) in [5, 5.41) is 17.8. The van der Waals surface area contributed by atoms with Crippen LogP contribution in [0.3, 0.4) is 0 Å². The summed E-state index contributed by atoms with van der Waals surface area (Å²) in [5.41, 5.74) is 1.84. The largest absolute Gasteiger partial charge is 0.466 e. The third-order valence-electron chi connectivity index (χ3n) is 2.51. The monoisotopic (exact) mass is 305 g/mol. The topological polar surface area (TPSA) is 58.8 Å². The second-order valence-electron chi connectivity index (χ2n) is 4.49. The van der Waals surface area contributed by atoms with Gasteiger partial charge < -0.3 is 4.74 Å². The maximum Gasteiger partial charge on any atom is 0.295 e. The smallest absolute Gasteiger partial charge is 0.295 e. The number of rotatable bonds is 5. The summed E-state index contributed by atoms with van der Waals surface area (Å²) in [6.07, 6.45) is 0.108. The van der Waals surface area contributed by atoms with E-state index in [1.807, 2.05) is 38.1 Å². The Balaban J connectivity index is 2.01. The first-order chi connectivity index (χ1) is 9.58. The fraction of sp³-hybridized carbons (Fsp3) is 0.357. The van der Waals surface area contributed by atoms with Gasteiger partial charge >= 0.3 is 0 Å². The van der Waals surface area contributed by atoms with E-state index in [0.717, 1.165) is 9.90 Å². The Bertz CT molecular complexity index is 602. The van der Waals surface area contributed by atoms with E-state index in [1.54, 1.807) is 11.8 Å². The van der Waals surface area contributed by atoms with Crippen molar-refractivity contribution in [2.75, 3.05) is 0 Å². The van der Waals surface area contributed by atoms with E-state index in [-0.39, 0.29) is 11.4 Å². The molecule has 2 aromatic rings. The highest BCUT2D eigenvalue weighted by atomic mass is 32.2. The van der Waals surface area contributed by atoms with Crippen LogP contribution in [0.2, 0.25) is 0 Å². The molecule has 0 aliphatic carbocycles. The number of nitriles is 1. The van der Waals surface area contributed by atoms with Gasteiger partial charge in [0.25, 0.3) is 5.19 Å². The number of aromatic nitrogens is 2. The van der Waals surface area contributed by atoms with Crippen LogP contribution in [0.15, 0.2) is 28.6 Å². The lowest BCUT2D eigenvalue weighted by Crippen LogP contribution is -2.04. The van der Waals surface area contributed by atoms with Crippen LogP contribution >= 0.6 is 23.1 Å². The number of hydrogen-bond acceptors (Lipinski definition) is 6. The number of thioether (sulfide) groups is 1. The van der Waals surface area contributed by atoms with Crippen LogP contribution in [0.4, 0.5) is 0 Å². The minimum Gasteiger partial charge on any atom is -0.466 e. The van der Waals surface area contributed by atoms with E-state index in [9.17, 15) is 0 Å². The van der Waals surface area contributed by atoms with Crippen molar-refractivity contribution in [3.05, 3.63) is 35.4 Å². The van der Waals surface area contributed by atoms with Crippen molar-refractivity contribution >= 4 is 23.1 Å². The maximum absolute atomic E-state index is 8.79. The molecule has 1 atom stereocenters. The van der Waals surface area contributed by atoms with Crippen LogP contribution in [0.1, 0.15) is 37.1 Å². The van der Waals surface area contributed by atoms with Crippen LogP contribution in [-0.4, -0.2) is 16.3 Å². The van der Waals surface area contributed by atoms with Crippen molar-refractivity contribution < 1.29 is 4.74 Å². The minimum atomic E-state index is 0.108. The Morgan fingerprint density at radius 2 is 1.90 bits per heavy atom. The number of benzene rings is 1. The average Bonchev–Trinajstić information content (AvgIpc) is 2.85. The van der Waals surface area contributed by atoms with Gasteiger partial charge in [-0.25, -0.2) is 0 Å². The van der Waals surface area contributed by atoms with Gasteiger partial charge in [0.1, 0.15) is 0 Å². The van der Waals surface area contributed by atoms with Crippen molar-refractivity contribution in [1.29, 1.82) is 5.26 Å². The molecule has 6 heteroatoms. The zero-order chi connectivity index (χ0) is 14.5. The van der Waals surface area contributed by atoms with Gasteiger partial charge in [0.2, 0.25) is 0 Å². The maximum atomic E-state index is 8.79. The molecule has 0 bridgehead atoms. The number of hydrogen-bond donors (Lipinski definition) is 0. The first-order valence-corrected chi connectivity index (χ1v) is 7.95. The Morgan fingerprint density at radius 3 is 2.50 bits per heavy atom. The van der Waals surface area contributed by atoms with E-state index >= 15 is 0 Å². The van der Waals surface area contributed by atoms with E-state index in [0.29, 0.717) is 10.8 Å². The molecule has 20 heavy (non-hydrogen) atoms. The lowest BCUT2D eigenvalue weighted by molar-refractivity contribution is 0.239. The fourth-order valence-corrected chi connectivity index (χ4v) is 3.62. The molecule has 0 radical (unpaired) electrons. The standard InChI is InChI=1S/C14H15N3OS2/c1-9(2)18-13-16-17-14(20-13)19-10(3)12-6-4-11(8-15)5-7-12/h4-7,9-10H,1-3H3/t10-/m1/s1. The van der Waals surface area contributed by atoms with Gasteiger partial charge in [-0.15, -0.1) is 5.10 Å². The quantitative estimate of drug-likeness (QED) is 0.780. The summed E-state index contributed by atoms with van der Waals surface area (Å²) in [6.45, 7) is 6.04. The zero-order valence-corrected chi connectivity index (χ0v) is 13.2. The van der Waals surface area contributed by atoms with Crippen LogP contribution in [-0.2, 0) is 0 Å². The molecular formula is C14H15N3OS2. The number of nitrogens with zero attached hydrogens (tertiary/aromatic N) is 3. The van der Waals surface area contributed by atoms with Gasteiger partial charge in [-0.1, -0.05) is 29.0 Å². The molecular weight excluding hydrogens is 290 g/mol. The first-order valence-electron chi connectivity index (χ1n) is 6.25. The van der Waals surface area contributed by atoms with Crippen LogP contribution < -0.4 is 4.74 Å². The molecule has 4 nitrogen and oxygen atoms in total. The van der Waals surface area contributed by atoms with Crippen molar-refractivity contribution in [2.45, 2.75) is 36.5 Å². The third-order valence-corrected chi connectivity index (χ3v) is 4.57. The Labute approximate surface area is 126 Å². The van der Waals surface area contributed by atoms with E-state index in [2.05, 4.69) is 23.2 Å². The van der Waals surface area contributed by atoms with Gasteiger partial charge in [0.15, 0.2) is 4.34 Å². The summed E-state index contributed by atoms with van der Waals surface area (Å²) < 4.78 is 6.39. The van der Waals surface area contributed by atoms with E-state index < -0.39 is 0 Å². The van der Waals surface area contributed by atoms with Gasteiger partial charge in [0, 0.05) is 5.25 Å². The molecule has 0 saturated heterocycles. The van der Waals surface area contributed by atoms with Gasteiger partial charge in [-0.2, -0.15) is 5.26 Å². The van der Waals surface area contributed by atoms with Gasteiger partial charge in [-0.05, 0) is 49.8 Å². The highest BCUT2D eigenvalue weighted by Gasteiger charge is 2.13. The summed E-state index contributed by atoms with van der Waals surface area (Å²) in [6, 6.07) is 9.74. The summed E-state index contributed by atoms with van der Waals surface area (Å²) in [7, 11) is 0. The lowest BCUT2D eigenvalue weighted by Gasteiger charge is -2.08. The summed E-state index contributed by atoms with van der Waals surface area (Å²) >= 11 is 3.10. The molecule has 0 saturated carbocycles. The van der Waals surface area contributed by atoms with Gasteiger partial charge in [-0.3, -0.25) is 0 Å². The lowest BCUT2D eigenvalue weighted by atomic mass is 10.1. The van der Waals surface area contributed by atoms with E-state index in [4.69, 9.17) is 10.00 Å². The molecule has 0 unspecified atom stereocenters. The second kappa shape index (κ2) is 6.73. The molecule has 1 aromatic heterocycles. The molecule has 0 aliphatic rings. The Morgan fingerprint density at radius 1 is 1.20 bits per heavy atom. The number of ether oxygens (including phenoxy) is 1. The Kier molecular flexibility index (Phi) is 4.99. The summed E-state index contributed by atoms with van der Waals surface area (Å²) in [5.74, 6) is 0. The molecule has 2 rings (SSSR count). The molecule has 1 heterocycles. The summed E-state index contributed by atoms with van der Waals surface area (Å²) in [4.78, 5) is 0. The van der Waals surface area contributed by atoms with Crippen LogP contribution in [0.5, 0.6) is 5.19 Å². The highest BCUT2D eigenvalue weighted by Crippen LogP contribution is 2.38. The average molecular weight is 305 g/mol. The van der Waals surface area contributed by atoms with Crippen molar-refractivity contribution in [2.24, 2.45) is 0 Å². The highest BCUT2D eigenvalue weighted by molar-refractivity contribution is 8.01. The Hall–Kier alpha value is -1.58. The predicted molar refractivity (Wildman–Crippen MR) is 81.1 cm³/mol. The van der Waals surface area contributed by atoms with Crippen molar-refractivity contribution in [1.82, 2.24) is 10.2 Å². The molecule has 0 amide bonds. The molecule has 104 valence electrons. The molecule has 0 aliphatic heterocycles. The molecule has 0 N–H and O–H groups in total. The predicted octanol–water partition coefficient (Wildman–Crippen LogP) is 4.05. The minimum absolute atomic E-state index is 0.108. The molecule has 0 fully saturated rings. The van der Waals surface area contributed by atoms with Gasteiger partial charge in [0.05, 0.1) is 17.7 Å². The van der Waals surface area contributed by atoms with Crippen LogP contribution in [0, 0.1) is 11.3 Å². The first kappa shape index (κ1) is 14.8. The normalized spacial score (nSPS) is 12.2. The van der Waals surface area contributed by atoms with Crippen molar-refractivity contribution in [3.8, 4) is 11.3 Å².